The highest BCUT2D eigenvalue weighted by Gasteiger charge is 2.09. The van der Waals surface area contributed by atoms with Crippen molar-refractivity contribution in [2.24, 2.45) is 0 Å². The first-order chi connectivity index (χ1) is 12.8. The third-order valence-electron chi connectivity index (χ3n) is 5.01. The van der Waals surface area contributed by atoms with E-state index < -0.39 is 0 Å². The van der Waals surface area contributed by atoms with Crippen LogP contribution in [0.15, 0.2) is 66.7 Å². The summed E-state index contributed by atoms with van der Waals surface area (Å²) < 4.78 is 16.0. The van der Waals surface area contributed by atoms with Crippen LogP contribution < -0.4 is 5.32 Å². The molecule has 3 aromatic carbocycles. The molecule has 0 saturated carbocycles. The van der Waals surface area contributed by atoms with Gasteiger partial charge in [-0.05, 0) is 55.3 Å². The van der Waals surface area contributed by atoms with E-state index in [9.17, 15) is 4.39 Å². The Morgan fingerprint density at radius 2 is 1.63 bits per heavy atom. The van der Waals surface area contributed by atoms with Crippen molar-refractivity contribution in [2.75, 3.05) is 6.54 Å². The average Bonchev–Trinajstić information content (AvgIpc) is 2.99. The summed E-state index contributed by atoms with van der Waals surface area (Å²) in [6, 6.07) is 22.2. The molecule has 0 amide bonds. The van der Waals surface area contributed by atoms with E-state index in [1.807, 2.05) is 12.1 Å². The Bertz CT molecular complexity index is 1050. The van der Waals surface area contributed by atoms with Crippen molar-refractivity contribution in [3.05, 3.63) is 83.7 Å². The SMILES string of the molecule is CCn1c2ccccc2c2cc(CNCCc3ccccc3F)ccc21.Cl. The van der Waals surface area contributed by atoms with Crippen molar-refractivity contribution in [3.8, 4) is 0 Å². The first kappa shape index (κ1) is 19.4. The fourth-order valence-corrected chi connectivity index (χ4v) is 3.71. The molecule has 2 nitrogen and oxygen atoms in total. The molecule has 0 unspecified atom stereocenters. The second-order valence-electron chi connectivity index (χ2n) is 6.63. The van der Waals surface area contributed by atoms with E-state index in [1.54, 1.807) is 6.07 Å². The largest absolute Gasteiger partial charge is 0.341 e. The summed E-state index contributed by atoms with van der Waals surface area (Å²) in [7, 11) is 0. The maximum atomic E-state index is 13.7. The highest BCUT2D eigenvalue weighted by atomic mass is 35.5. The molecule has 0 aliphatic heterocycles. The van der Waals surface area contributed by atoms with Crippen LogP contribution in [0.25, 0.3) is 21.8 Å². The van der Waals surface area contributed by atoms with Gasteiger partial charge in [0.2, 0.25) is 0 Å². The molecule has 0 saturated heterocycles. The summed E-state index contributed by atoms with van der Waals surface area (Å²) in [4.78, 5) is 0. The summed E-state index contributed by atoms with van der Waals surface area (Å²) in [5, 5.41) is 6.04. The third kappa shape index (κ3) is 3.85. The topological polar surface area (TPSA) is 17.0 Å². The molecule has 0 aliphatic rings. The molecule has 140 valence electrons. The molecule has 1 heterocycles. The Hall–Kier alpha value is -2.36. The minimum Gasteiger partial charge on any atom is -0.341 e. The molecule has 4 heteroatoms. The van der Waals surface area contributed by atoms with Gasteiger partial charge in [0.05, 0.1) is 0 Å². The van der Waals surface area contributed by atoms with E-state index in [1.165, 1.54) is 33.4 Å². The highest BCUT2D eigenvalue weighted by molar-refractivity contribution is 6.08. The first-order valence-corrected chi connectivity index (χ1v) is 9.22. The molecule has 1 N–H and O–H groups in total. The Morgan fingerprint density at radius 3 is 2.44 bits per heavy atom. The minimum absolute atomic E-state index is 0. The summed E-state index contributed by atoms with van der Waals surface area (Å²) in [6.45, 7) is 4.69. The van der Waals surface area contributed by atoms with Crippen molar-refractivity contribution in [3.63, 3.8) is 0 Å². The van der Waals surface area contributed by atoms with Gasteiger partial charge in [0.15, 0.2) is 0 Å². The standard InChI is InChI=1S/C23H23FN2.ClH/c1-2-26-22-10-6-4-8-19(22)20-15-17(11-12-23(20)26)16-25-14-13-18-7-3-5-9-21(18)24;/h3-12,15,25H,2,13-14,16H2,1H3;1H. The fourth-order valence-electron chi connectivity index (χ4n) is 3.71. The van der Waals surface area contributed by atoms with Gasteiger partial charge in [0.25, 0.3) is 0 Å². The normalized spacial score (nSPS) is 11.0. The lowest BCUT2D eigenvalue weighted by Crippen LogP contribution is -2.17. The van der Waals surface area contributed by atoms with Crippen LogP contribution in [-0.2, 0) is 19.5 Å². The second kappa shape index (κ2) is 8.55. The molecule has 4 rings (SSSR count). The Morgan fingerprint density at radius 1 is 0.889 bits per heavy atom. The molecule has 0 bridgehead atoms. The maximum absolute atomic E-state index is 13.7. The lowest BCUT2D eigenvalue weighted by Gasteiger charge is -2.07. The van der Waals surface area contributed by atoms with Crippen molar-refractivity contribution in [1.29, 1.82) is 0 Å². The molecular weight excluding hydrogens is 359 g/mol. The lowest BCUT2D eigenvalue weighted by molar-refractivity contribution is 0.598. The highest BCUT2D eigenvalue weighted by Crippen LogP contribution is 2.29. The number of benzene rings is 3. The van der Waals surface area contributed by atoms with Crippen molar-refractivity contribution < 1.29 is 4.39 Å². The van der Waals surface area contributed by atoms with Gasteiger partial charge >= 0.3 is 0 Å². The van der Waals surface area contributed by atoms with Crippen LogP contribution in [0.1, 0.15) is 18.1 Å². The van der Waals surface area contributed by atoms with Crippen molar-refractivity contribution in [1.82, 2.24) is 9.88 Å². The number of rotatable bonds is 6. The number of hydrogen-bond donors (Lipinski definition) is 1. The number of aromatic nitrogens is 1. The van der Waals surface area contributed by atoms with Crippen LogP contribution in [0.2, 0.25) is 0 Å². The molecule has 1 aromatic heterocycles. The zero-order chi connectivity index (χ0) is 17.9. The van der Waals surface area contributed by atoms with Gasteiger partial charge in [0, 0.05) is 34.9 Å². The monoisotopic (exact) mass is 382 g/mol. The van der Waals surface area contributed by atoms with Gasteiger partial charge in [-0.15, -0.1) is 12.4 Å². The van der Waals surface area contributed by atoms with Crippen LogP contribution in [0.3, 0.4) is 0 Å². The number of halogens is 2. The third-order valence-corrected chi connectivity index (χ3v) is 5.01. The fraction of sp³-hybridized carbons (Fsp3) is 0.217. The van der Waals surface area contributed by atoms with E-state index in [0.717, 1.165) is 25.2 Å². The quantitative estimate of drug-likeness (QED) is 0.423. The summed E-state index contributed by atoms with van der Waals surface area (Å²) in [5.74, 6) is -0.122. The van der Waals surface area contributed by atoms with Gasteiger partial charge in [0.1, 0.15) is 5.82 Å². The second-order valence-corrected chi connectivity index (χ2v) is 6.63. The van der Waals surface area contributed by atoms with Gasteiger partial charge < -0.3 is 9.88 Å². The number of para-hydroxylation sites is 1. The van der Waals surface area contributed by atoms with Gasteiger partial charge in [-0.1, -0.05) is 42.5 Å². The van der Waals surface area contributed by atoms with Crippen LogP contribution in [0.4, 0.5) is 4.39 Å². The van der Waals surface area contributed by atoms with E-state index in [-0.39, 0.29) is 18.2 Å². The van der Waals surface area contributed by atoms with Crippen LogP contribution in [0, 0.1) is 5.82 Å². The molecule has 27 heavy (non-hydrogen) atoms. The summed E-state index contributed by atoms with van der Waals surface area (Å²) >= 11 is 0. The Labute approximate surface area is 165 Å². The maximum Gasteiger partial charge on any atom is 0.126 e. The predicted molar refractivity (Wildman–Crippen MR) is 114 cm³/mol. The molecule has 0 aliphatic carbocycles. The summed E-state index contributed by atoms with van der Waals surface area (Å²) in [6.07, 6.45) is 0.698. The van der Waals surface area contributed by atoms with Gasteiger partial charge in [-0.25, -0.2) is 4.39 Å². The number of fused-ring (bicyclic) bond motifs is 3. The molecule has 4 aromatic rings. The van der Waals surface area contributed by atoms with E-state index >= 15 is 0 Å². The zero-order valence-electron chi connectivity index (χ0n) is 15.4. The van der Waals surface area contributed by atoms with E-state index in [0.29, 0.717) is 6.42 Å². The number of aryl methyl sites for hydroxylation is 1. The Kier molecular flexibility index (Phi) is 6.15. The molecule has 0 spiro atoms. The zero-order valence-corrected chi connectivity index (χ0v) is 16.2. The molecule has 0 fully saturated rings. The first-order valence-electron chi connectivity index (χ1n) is 9.22. The molecular formula is C23H24ClFN2. The molecule has 0 radical (unpaired) electrons. The average molecular weight is 383 g/mol. The van der Waals surface area contributed by atoms with Crippen molar-refractivity contribution >= 4 is 34.2 Å². The number of nitrogens with one attached hydrogen (secondary N) is 1. The van der Waals surface area contributed by atoms with Crippen LogP contribution in [0.5, 0.6) is 0 Å². The lowest BCUT2D eigenvalue weighted by atomic mass is 10.1. The number of hydrogen-bond acceptors (Lipinski definition) is 1. The Balaban J connectivity index is 0.00000210. The minimum atomic E-state index is -0.122. The van der Waals surface area contributed by atoms with Gasteiger partial charge in [-0.2, -0.15) is 0 Å². The number of nitrogens with zero attached hydrogens (tertiary/aromatic N) is 1. The van der Waals surface area contributed by atoms with Gasteiger partial charge in [-0.3, -0.25) is 0 Å². The van der Waals surface area contributed by atoms with E-state index in [4.69, 9.17) is 0 Å². The van der Waals surface area contributed by atoms with E-state index in [2.05, 4.69) is 59.3 Å². The van der Waals surface area contributed by atoms with Crippen LogP contribution >= 0.6 is 12.4 Å². The summed E-state index contributed by atoms with van der Waals surface area (Å²) in [5.41, 5.74) is 4.59. The molecule has 0 atom stereocenters. The van der Waals surface area contributed by atoms with Crippen molar-refractivity contribution in [2.45, 2.75) is 26.4 Å². The smallest absolute Gasteiger partial charge is 0.126 e. The van der Waals surface area contributed by atoms with Crippen LogP contribution in [-0.4, -0.2) is 11.1 Å². The predicted octanol–water partition coefficient (Wildman–Crippen LogP) is 5.71.